The molecular formula is C9H13F2NO3S. The van der Waals surface area contributed by atoms with Crippen molar-refractivity contribution in [2.24, 2.45) is 0 Å². The van der Waals surface area contributed by atoms with Gasteiger partial charge in [-0.2, -0.15) is 0 Å². The lowest BCUT2D eigenvalue weighted by molar-refractivity contribution is -0.852. The maximum absolute atomic E-state index is 12.8. The highest BCUT2D eigenvalue weighted by Gasteiger charge is 2.09. The quantitative estimate of drug-likeness (QED) is 0.704. The van der Waals surface area contributed by atoms with Crippen LogP contribution in [0.3, 0.4) is 0 Å². The minimum atomic E-state index is -4.58. The Bertz CT molecular complexity index is 437. The van der Waals surface area contributed by atoms with Crippen molar-refractivity contribution in [3.8, 4) is 0 Å². The number of pyridine rings is 1. The molecule has 1 rings (SSSR count). The second-order valence-corrected chi connectivity index (χ2v) is 4.60. The van der Waals surface area contributed by atoms with E-state index in [0.29, 0.717) is 16.2 Å². The van der Waals surface area contributed by atoms with Gasteiger partial charge in [0, 0.05) is 30.8 Å². The van der Waals surface area contributed by atoms with Crippen LogP contribution < -0.4 is 4.79 Å². The highest BCUT2D eigenvalue weighted by molar-refractivity contribution is 7.85. The fraction of sp³-hybridized carbons (Fsp3) is 0.444. The van der Waals surface area contributed by atoms with Crippen LogP contribution in [0.2, 0.25) is 0 Å². The second-order valence-electron chi connectivity index (χ2n) is 3.26. The third-order valence-corrected chi connectivity index (χ3v) is 1.89. The molecule has 0 saturated carbocycles. The van der Waals surface area contributed by atoms with Crippen molar-refractivity contribution in [2.45, 2.75) is 20.8 Å². The van der Waals surface area contributed by atoms with Crippen molar-refractivity contribution in [1.82, 2.24) is 0 Å². The molecule has 0 spiro atoms. The van der Waals surface area contributed by atoms with Crippen LogP contribution >= 0.6 is 0 Å². The Hall–Kier alpha value is -1.08. The fourth-order valence-electron chi connectivity index (χ4n) is 1.09. The van der Waals surface area contributed by atoms with Gasteiger partial charge in [-0.15, -0.1) is 0 Å². The van der Waals surface area contributed by atoms with Gasteiger partial charge in [0.15, 0.2) is 6.01 Å². The van der Waals surface area contributed by atoms with E-state index in [2.05, 4.69) is 0 Å². The molecule has 0 N–H and O–H groups in total. The Balaban J connectivity index is 0.000000325. The van der Waals surface area contributed by atoms with Gasteiger partial charge in [-0.1, -0.05) is 0 Å². The molecule has 0 atom stereocenters. The number of aromatic nitrogens is 1. The van der Waals surface area contributed by atoms with E-state index in [4.69, 9.17) is 13.0 Å². The van der Waals surface area contributed by atoms with Crippen LogP contribution in [0, 0.1) is 20.8 Å². The summed E-state index contributed by atoms with van der Waals surface area (Å²) in [6, 6.07) is 1.81. The zero-order chi connectivity index (χ0) is 12.9. The Labute approximate surface area is 93.2 Å². The Kier molecular flexibility index (Phi) is 5.46. The van der Waals surface area contributed by atoms with Gasteiger partial charge in [-0.25, -0.2) is 12.8 Å². The van der Waals surface area contributed by atoms with Crippen LogP contribution in [0.25, 0.3) is 0 Å². The third kappa shape index (κ3) is 5.72. The number of hydrogen-bond acceptors (Lipinski definition) is 3. The summed E-state index contributed by atoms with van der Waals surface area (Å²) in [7, 11) is -4.58. The largest absolute Gasteiger partial charge is 0.746 e. The summed E-state index contributed by atoms with van der Waals surface area (Å²) >= 11 is 0. The molecule has 1 heterocycles. The lowest BCUT2D eigenvalue weighted by Gasteiger charge is -1.94. The van der Waals surface area contributed by atoms with Gasteiger partial charge < -0.3 is 4.55 Å². The molecule has 0 fully saturated rings. The van der Waals surface area contributed by atoms with Gasteiger partial charge in [0.2, 0.25) is 11.4 Å². The number of halogens is 2. The number of hydrogen-bond donors (Lipinski definition) is 0. The zero-order valence-electron chi connectivity index (χ0n) is 9.20. The molecule has 0 radical (unpaired) electrons. The fourth-order valence-corrected chi connectivity index (χ4v) is 1.09. The van der Waals surface area contributed by atoms with E-state index in [1.54, 1.807) is 13.8 Å². The predicted molar refractivity (Wildman–Crippen MR) is 53.0 cm³/mol. The smallest absolute Gasteiger partial charge is 0.227 e. The highest BCUT2D eigenvalue weighted by atomic mass is 32.2. The van der Waals surface area contributed by atoms with Gasteiger partial charge in [-0.3, -0.25) is 0 Å². The van der Waals surface area contributed by atoms with Crippen LogP contribution in [0.4, 0.5) is 8.87 Å². The third-order valence-electron chi connectivity index (χ3n) is 1.63. The van der Waals surface area contributed by atoms with Crippen molar-refractivity contribution in [3.63, 3.8) is 0 Å². The molecule has 7 heteroatoms. The van der Waals surface area contributed by atoms with Crippen LogP contribution in [0.15, 0.2) is 12.1 Å². The van der Waals surface area contributed by atoms with Crippen molar-refractivity contribution in [3.05, 3.63) is 29.1 Å². The standard InChI is InChI=1S/C8H11FN.CH3FO3S/c1-6-4-7(2)10(9)8(3)5-6;2-1-6(3,4)5/h4-5H,1-3H3;1H2,(H,3,4,5)/q+1;/p-1. The molecule has 0 amide bonds. The molecule has 0 aromatic carbocycles. The molecule has 92 valence electrons. The van der Waals surface area contributed by atoms with E-state index in [1.165, 1.54) is 0 Å². The zero-order valence-corrected chi connectivity index (χ0v) is 10.0. The summed E-state index contributed by atoms with van der Waals surface area (Å²) in [5.74, 6) is 0. The first-order valence-corrected chi connectivity index (χ1v) is 5.90. The van der Waals surface area contributed by atoms with Crippen molar-refractivity contribution >= 4 is 10.1 Å². The topological polar surface area (TPSA) is 61.1 Å². The van der Waals surface area contributed by atoms with Gasteiger partial charge in [-0.05, 0) is 12.5 Å². The van der Waals surface area contributed by atoms with Gasteiger partial charge in [0.05, 0.1) is 4.48 Å². The minimum absolute atomic E-state index is 0.650. The Morgan fingerprint density at radius 1 is 1.25 bits per heavy atom. The van der Waals surface area contributed by atoms with E-state index < -0.39 is 16.1 Å². The summed E-state index contributed by atoms with van der Waals surface area (Å²) in [4.78, 5) is 0.688. The molecule has 4 nitrogen and oxygen atoms in total. The summed E-state index contributed by atoms with van der Waals surface area (Å²) < 4.78 is 50.6. The molecule has 0 aliphatic heterocycles. The van der Waals surface area contributed by atoms with Gasteiger partial charge in [0.1, 0.15) is 10.1 Å². The van der Waals surface area contributed by atoms with Crippen molar-refractivity contribution in [1.29, 1.82) is 0 Å². The molecule has 0 aliphatic rings. The normalized spacial score (nSPS) is 10.6. The summed E-state index contributed by atoms with van der Waals surface area (Å²) in [6.07, 6.45) is 0. The molecule has 16 heavy (non-hydrogen) atoms. The first-order chi connectivity index (χ1) is 7.17. The number of alkyl halides is 1. The highest BCUT2D eigenvalue weighted by Crippen LogP contribution is 2.00. The average Bonchev–Trinajstić information content (AvgIpc) is 2.14. The molecule has 1 aromatic rings. The molecule has 1 aromatic heterocycles. The SMILES string of the molecule is Cc1cc(C)[n+](F)c(C)c1.O=S(=O)([O-])CF. The minimum Gasteiger partial charge on any atom is -0.746 e. The first-order valence-electron chi connectivity index (χ1n) is 4.33. The number of aryl methyl sites for hydroxylation is 3. The van der Waals surface area contributed by atoms with E-state index >= 15 is 0 Å². The van der Waals surface area contributed by atoms with E-state index in [-0.39, 0.29) is 0 Å². The predicted octanol–water partition coefficient (Wildman–Crippen LogP) is 1.09. The Morgan fingerprint density at radius 2 is 1.56 bits per heavy atom. The maximum atomic E-state index is 12.8. The monoisotopic (exact) mass is 253 g/mol. The average molecular weight is 253 g/mol. The molecule has 0 unspecified atom stereocenters. The first kappa shape index (κ1) is 14.9. The number of nitrogens with zero attached hydrogens (tertiary/aromatic N) is 1. The van der Waals surface area contributed by atoms with E-state index in [9.17, 15) is 8.87 Å². The molecular weight excluding hydrogens is 240 g/mol. The molecule has 0 aliphatic carbocycles. The molecule has 0 bridgehead atoms. The van der Waals surface area contributed by atoms with E-state index in [1.807, 2.05) is 19.1 Å². The second kappa shape index (κ2) is 5.86. The summed E-state index contributed by atoms with van der Waals surface area (Å²) in [5, 5.41) is 0. The van der Waals surface area contributed by atoms with E-state index in [0.717, 1.165) is 5.56 Å². The van der Waals surface area contributed by atoms with Crippen molar-refractivity contribution < 1.29 is 26.6 Å². The lowest BCUT2D eigenvalue weighted by atomic mass is 10.2. The summed E-state index contributed by atoms with van der Waals surface area (Å²) in [5.41, 5.74) is 2.40. The van der Waals surface area contributed by atoms with Gasteiger partial charge in [0.25, 0.3) is 0 Å². The van der Waals surface area contributed by atoms with Crippen LogP contribution in [-0.4, -0.2) is 19.0 Å². The Morgan fingerprint density at radius 3 is 1.81 bits per heavy atom. The number of rotatable bonds is 1. The van der Waals surface area contributed by atoms with Crippen LogP contribution in [0.5, 0.6) is 0 Å². The van der Waals surface area contributed by atoms with Crippen molar-refractivity contribution in [2.75, 3.05) is 6.01 Å². The maximum Gasteiger partial charge on any atom is 0.227 e. The van der Waals surface area contributed by atoms with Crippen LogP contribution in [-0.2, 0) is 10.1 Å². The van der Waals surface area contributed by atoms with Crippen LogP contribution in [0.1, 0.15) is 17.0 Å². The molecule has 0 saturated heterocycles. The summed E-state index contributed by atoms with van der Waals surface area (Å²) in [6.45, 7) is 5.46. The van der Waals surface area contributed by atoms with Gasteiger partial charge >= 0.3 is 0 Å². The lowest BCUT2D eigenvalue weighted by Crippen LogP contribution is -2.30.